The first-order valence-electron chi connectivity index (χ1n) is 36.7. The predicted molar refractivity (Wildman–Crippen MR) is 389 cm³/mol. The van der Waals surface area contributed by atoms with Gasteiger partial charge in [-0.3, -0.25) is 28.8 Å². The summed E-state index contributed by atoms with van der Waals surface area (Å²) in [4.78, 5) is 66.3. The van der Waals surface area contributed by atoms with Gasteiger partial charge in [-0.05, 0) is 106 Å². The monoisotopic (exact) mass is 2910 g/mol. The third-order valence-corrected chi connectivity index (χ3v) is 16.7. The van der Waals surface area contributed by atoms with Crippen LogP contribution in [0.1, 0.15) is 183 Å². The number of carboxylic acid groups (broad SMARTS) is 1. The van der Waals surface area contributed by atoms with Gasteiger partial charge in [0.1, 0.15) is 73.2 Å². The second kappa shape index (κ2) is 85.7. The molecule has 4 aliphatic rings. The Hall–Kier alpha value is 3.88. The van der Waals surface area contributed by atoms with E-state index in [2.05, 4.69) is 25.4 Å². The minimum Gasteiger partial charge on any atom is -0.481 e. The molecular formula is C72H131Ac6ClN4O29. The van der Waals surface area contributed by atoms with Crippen LogP contribution in [0.15, 0.2) is 48.6 Å². The van der Waals surface area contributed by atoms with E-state index in [-0.39, 0.29) is 307 Å². The molecule has 638 valence electrons. The van der Waals surface area contributed by atoms with Gasteiger partial charge in [0, 0.05) is 356 Å². The molecule has 3 amide bonds. The number of aliphatic carboxylic acids is 1. The number of aliphatic hydroxyl groups is 13. The van der Waals surface area contributed by atoms with Gasteiger partial charge >= 0.3 is 17.9 Å². The number of hydrogen-bond acceptors (Lipinski definition) is 29. The normalized spacial score (nSPS) is 26.9. The van der Waals surface area contributed by atoms with Crippen LogP contribution in [-0.2, 0) is 71.4 Å². The summed E-state index contributed by atoms with van der Waals surface area (Å²) in [6, 6.07) is 0. The number of alkyl halides is 1. The van der Waals surface area contributed by atoms with Crippen molar-refractivity contribution in [2.45, 2.75) is 305 Å². The van der Waals surface area contributed by atoms with Crippen LogP contribution in [0.4, 0.5) is 0 Å². The number of halogens is 1. The number of ether oxygens (including phenoxy) is 9. The zero-order valence-electron chi connectivity index (χ0n) is 66.7. The molecule has 4 heterocycles. The molecule has 112 heavy (non-hydrogen) atoms. The summed E-state index contributed by atoms with van der Waals surface area (Å²) >= 11 is 5.48. The van der Waals surface area contributed by atoms with Gasteiger partial charge in [0.05, 0.1) is 38.6 Å². The van der Waals surface area contributed by atoms with E-state index in [1.165, 1.54) is 14.2 Å². The van der Waals surface area contributed by atoms with Gasteiger partial charge in [0.25, 0.3) is 0 Å². The Morgan fingerprint density at radius 2 is 0.679 bits per heavy atom. The number of aliphatic hydroxyl groups excluding tert-OH is 13. The Kier molecular flexibility index (Phi) is 101. The van der Waals surface area contributed by atoms with Crippen LogP contribution in [0.25, 0.3) is 0 Å². The maximum atomic E-state index is 11.8. The van der Waals surface area contributed by atoms with Gasteiger partial charge in [0.15, 0.2) is 24.4 Å². The van der Waals surface area contributed by atoms with E-state index in [1.54, 1.807) is 27.7 Å². The van der Waals surface area contributed by atoms with Gasteiger partial charge in [-0.2, -0.15) is 0 Å². The Labute approximate surface area is 882 Å². The molecule has 4 rings (SSSR count). The number of hydrogen-bond donors (Lipinski definition) is 18. The van der Waals surface area contributed by atoms with Crippen molar-refractivity contribution in [1.82, 2.24) is 16.0 Å². The van der Waals surface area contributed by atoms with E-state index >= 15 is 0 Å². The topological polar surface area (TPSA) is 531 Å². The fraction of sp³-hybridized carbons (Fsp3) is 0.806. The maximum Gasteiger partial charge on any atom is 0.305 e. The molecule has 4 saturated heterocycles. The van der Waals surface area contributed by atoms with Crippen LogP contribution in [0.5, 0.6) is 0 Å². The molecule has 33 nitrogen and oxygen atoms in total. The third kappa shape index (κ3) is 66.4. The number of nitrogens with two attached hydrogens (primary N) is 1. The van der Waals surface area contributed by atoms with Crippen molar-refractivity contribution in [2.24, 2.45) is 5.73 Å². The Bertz CT molecular complexity index is 2410. The summed E-state index contributed by atoms with van der Waals surface area (Å²) in [6.07, 6.45) is 10.5. The van der Waals surface area contributed by atoms with Crippen molar-refractivity contribution in [3.05, 3.63) is 48.6 Å². The molecule has 20 atom stereocenters. The number of unbranched alkanes of at least 4 members (excludes halogenated alkanes) is 10. The molecule has 40 heteroatoms. The van der Waals surface area contributed by atoms with Crippen molar-refractivity contribution in [3.63, 3.8) is 0 Å². The van der Waals surface area contributed by atoms with Gasteiger partial charge in [-0.1, -0.05) is 98.7 Å². The first kappa shape index (κ1) is 131. The molecule has 12 unspecified atom stereocenters. The fourth-order valence-electron chi connectivity index (χ4n) is 9.72. The van der Waals surface area contributed by atoms with E-state index in [0.717, 1.165) is 57.8 Å². The fourth-order valence-corrected chi connectivity index (χ4v) is 10.0. The number of rotatable bonds is 41. The summed E-state index contributed by atoms with van der Waals surface area (Å²) in [7, 11) is 2.77. The number of allylic oxidation sites excluding steroid dienone is 8. The Balaban J connectivity index is -0.000000200. The van der Waals surface area contributed by atoms with E-state index in [0.29, 0.717) is 123 Å². The molecule has 0 spiro atoms. The summed E-state index contributed by atoms with van der Waals surface area (Å²) in [6.45, 7) is 13.2. The molecule has 6 radical (unpaired) electrons. The summed E-state index contributed by atoms with van der Waals surface area (Å²) in [5, 5.41) is 139. The minimum absolute atomic E-state index is 0. The van der Waals surface area contributed by atoms with Crippen molar-refractivity contribution in [3.8, 4) is 0 Å². The molecule has 0 aromatic heterocycles. The molecule has 0 aromatic rings. The number of carbonyl (C=O) groups is 6. The van der Waals surface area contributed by atoms with E-state index in [9.17, 15) is 74.7 Å². The maximum absolute atomic E-state index is 11.8. The number of esters is 2. The van der Waals surface area contributed by atoms with E-state index in [1.807, 2.05) is 62.5 Å². The molecule has 4 fully saturated rings. The van der Waals surface area contributed by atoms with Crippen LogP contribution in [0, 0.1) is 264 Å². The van der Waals surface area contributed by atoms with Gasteiger partial charge in [0.2, 0.25) is 17.7 Å². The zero-order chi connectivity index (χ0) is 80.4. The summed E-state index contributed by atoms with van der Waals surface area (Å²) in [5.41, 5.74) is 4.34. The smallest absolute Gasteiger partial charge is 0.305 e. The summed E-state index contributed by atoms with van der Waals surface area (Å²) < 4.78 is 46.1. The van der Waals surface area contributed by atoms with Crippen molar-refractivity contribution in [1.29, 1.82) is 0 Å². The average molecular weight is 2910 g/mol. The second-order valence-corrected chi connectivity index (χ2v) is 25.8. The number of carbonyl (C=O) groups excluding carboxylic acids is 5. The van der Waals surface area contributed by atoms with Crippen LogP contribution >= 0.6 is 11.6 Å². The van der Waals surface area contributed by atoms with Gasteiger partial charge < -0.3 is 136 Å². The molecule has 0 saturated carbocycles. The van der Waals surface area contributed by atoms with Gasteiger partial charge in [-0.15, -0.1) is 0 Å². The third-order valence-electron chi connectivity index (χ3n) is 16.4. The Morgan fingerprint density at radius 3 is 1.01 bits per heavy atom. The van der Waals surface area contributed by atoms with E-state index in [4.69, 9.17) is 76.0 Å². The minimum atomic E-state index is -1.30. The number of amides is 3. The van der Waals surface area contributed by atoms with E-state index < -0.39 is 128 Å². The first-order valence-corrected chi connectivity index (χ1v) is 37.2. The number of methoxy groups -OCH3 is 2. The molecular weight excluding hydrogens is 2780 g/mol. The molecule has 4 aliphatic heterocycles. The first-order chi connectivity index (χ1) is 50.4. The predicted octanol–water partition coefficient (Wildman–Crippen LogP) is 1.09. The molecule has 19 N–H and O–H groups in total. The molecule has 0 aromatic carbocycles. The largest absolute Gasteiger partial charge is 0.481 e. The average Bonchev–Trinajstić information content (AvgIpc) is 0.857. The van der Waals surface area contributed by atoms with Crippen LogP contribution in [-0.4, -0.2) is 296 Å². The standard InChI is InChI=1S/C22H38N2O7.C14H28N2O6.C13H24O7.C9H18O3.C8H12O2.C6H11ClO4.6Ac/c1-3-4-5-6-8-11-17(25)23-13-14-24-18(26)12-9-7-10-15-30-22-21(29)20(28)19(27)16(2)31-22;1-9-11(18)12(19)13(20)14(22-9)21-8-4-2-3-5-10(17)16-7-6-15;1-8-10(15)11(16)12(17)13(20-8)19-7-5-3-4-6-9(14)18-2;1-12-9(11)7-5-3-2-4-6-8-10;1-2-3-4-5-6-7-8(9)10;1-2-3(8)4(9)5(10)6(7)11-2;;;;;;/h3-6,16,19-22,27-29H,7-15H2,1-2H3,(H,23,25)(H,24,26);9,11-14,18-20H,2-8,15H2,1H3,(H,16,17);8,10-13,15-17H,3-7H2,1-2H3;10H,2-8H2,1H3;2-5H,6-7H2,1H3,(H,9,10);2-6,8-10H,1H3;;;;;;/b4-3+,6-5+;;;;3-2+,5-4+;;;;;;;/t16?,19-,20?,21?,22+;9?,11-,12?,13?,14+;8?,10-,11?,12?,13+;;;2?,3-,4?,5?,6+;;;;;;/m000..0....../s1. The number of carboxylic acids is 1. The summed E-state index contributed by atoms with van der Waals surface area (Å²) in [5.74, 6) is -1.22. The van der Waals surface area contributed by atoms with Crippen LogP contribution < -0.4 is 21.7 Å². The molecule has 0 bridgehead atoms. The van der Waals surface area contributed by atoms with Gasteiger partial charge in [-0.25, -0.2) is 0 Å². The Morgan fingerprint density at radius 1 is 0.384 bits per heavy atom. The molecule has 0 aliphatic carbocycles. The van der Waals surface area contributed by atoms with Crippen molar-refractivity contribution >= 4 is 47.2 Å². The van der Waals surface area contributed by atoms with Crippen LogP contribution in [0.3, 0.4) is 0 Å². The second-order valence-electron chi connectivity index (χ2n) is 25.4. The van der Waals surface area contributed by atoms with Crippen molar-refractivity contribution < 1.29 is 407 Å². The van der Waals surface area contributed by atoms with Crippen LogP contribution in [0.2, 0.25) is 0 Å². The zero-order valence-corrected chi connectivity index (χ0v) is 95.9. The number of nitrogens with one attached hydrogen (secondary N) is 3. The SMILES string of the molecule is C/C=C/C=C/CCC(=O)NCCNC(=O)CCCCCO[C@@H]1OC(C)[C@H](O)C(O)C1O.C/C=C/C=C/CCC(=O)O.CC1O[C@@H](Cl)C(O)C(O)[C@H]1O.CC1O[C@@H](OCCCCCC(=O)NCCN)C(O)C(O)[C@H]1O.COC(=O)CCCCCCCO.COC(=O)CCCCCO[C@@H]1OC(C)[C@H](O)C(O)C1O.[Ac].[Ac].[Ac].[Ac].[Ac].[Ac]. The van der Waals surface area contributed by atoms with Crippen molar-refractivity contribution in [2.75, 3.05) is 66.8 Å². The quantitative estimate of drug-likeness (QED) is 0.0176.